The van der Waals surface area contributed by atoms with E-state index in [9.17, 15) is 23.6 Å². The van der Waals surface area contributed by atoms with E-state index in [1.807, 2.05) is 0 Å². The van der Waals surface area contributed by atoms with Gasteiger partial charge in [-0.2, -0.15) is 0 Å². The van der Waals surface area contributed by atoms with Crippen molar-refractivity contribution < 1.29 is 9.18 Å². The number of rotatable bonds is 7. The van der Waals surface area contributed by atoms with Gasteiger partial charge in [0.25, 0.3) is 11.1 Å². The van der Waals surface area contributed by atoms with Crippen molar-refractivity contribution in [1.82, 2.24) is 13.7 Å². The molecule has 0 aliphatic heterocycles. The van der Waals surface area contributed by atoms with Gasteiger partial charge < -0.3 is 16.4 Å². The first-order valence-corrected chi connectivity index (χ1v) is 12.3. The number of hydrogen-bond acceptors (Lipinski definition) is 6. The lowest BCUT2D eigenvalue weighted by Gasteiger charge is -2.21. The Labute approximate surface area is 216 Å². The summed E-state index contributed by atoms with van der Waals surface area (Å²) in [7, 11) is 1.49. The maximum Gasteiger partial charge on any atom is 0.336 e. The molecule has 11 heteroatoms. The summed E-state index contributed by atoms with van der Waals surface area (Å²) in [6.45, 7) is 1.73. The zero-order valence-corrected chi connectivity index (χ0v) is 21.0. The van der Waals surface area contributed by atoms with Crippen molar-refractivity contribution >= 4 is 34.0 Å². The maximum absolute atomic E-state index is 14.6. The minimum atomic E-state index is -0.594. The molecular weight excluding hydrogens is 491 g/mol. The molecule has 5 rings (SSSR count). The second-order valence-electron chi connectivity index (χ2n) is 9.33. The fraction of sp³-hybridized carbons (Fsp3) is 0.259. The van der Waals surface area contributed by atoms with Gasteiger partial charge in [0.1, 0.15) is 17.0 Å². The number of carbonyl (C=O) groups excluding carboxylic acids is 1. The first kappa shape index (κ1) is 25.2. The predicted molar refractivity (Wildman–Crippen MR) is 144 cm³/mol. The third-order valence-corrected chi connectivity index (χ3v) is 6.64. The third kappa shape index (κ3) is 4.30. The second-order valence-corrected chi connectivity index (χ2v) is 9.33. The van der Waals surface area contributed by atoms with Crippen LogP contribution in [0.2, 0.25) is 0 Å². The molecule has 38 heavy (non-hydrogen) atoms. The molecule has 196 valence electrons. The van der Waals surface area contributed by atoms with Gasteiger partial charge in [0.05, 0.1) is 16.9 Å². The lowest BCUT2D eigenvalue weighted by atomic mass is 10.1. The number of para-hydroxylation sites is 1. The van der Waals surface area contributed by atoms with Gasteiger partial charge in [-0.25, -0.2) is 9.18 Å². The molecule has 1 aliphatic carbocycles. The van der Waals surface area contributed by atoms with E-state index in [0.29, 0.717) is 24.2 Å². The van der Waals surface area contributed by atoms with E-state index in [4.69, 9.17) is 5.73 Å². The largest absolute Gasteiger partial charge is 0.338 e. The van der Waals surface area contributed by atoms with Gasteiger partial charge in [-0.1, -0.05) is 18.2 Å². The Bertz CT molecular complexity index is 1770. The van der Waals surface area contributed by atoms with Crippen molar-refractivity contribution in [2.75, 3.05) is 17.2 Å². The van der Waals surface area contributed by atoms with Gasteiger partial charge >= 0.3 is 5.69 Å². The summed E-state index contributed by atoms with van der Waals surface area (Å²) >= 11 is 0. The molecule has 1 amide bonds. The summed E-state index contributed by atoms with van der Waals surface area (Å²) in [6.07, 6.45) is 1.45. The fourth-order valence-corrected chi connectivity index (χ4v) is 4.62. The number of nitrogens with two attached hydrogens (primary N) is 1. The molecule has 0 radical (unpaired) electrons. The highest BCUT2D eigenvalue weighted by molar-refractivity contribution is 5.94. The van der Waals surface area contributed by atoms with Gasteiger partial charge in [-0.3, -0.25) is 28.1 Å². The molecule has 0 bridgehead atoms. The van der Waals surface area contributed by atoms with Gasteiger partial charge in [0.2, 0.25) is 5.91 Å². The number of nitrogens with one attached hydrogen (secondary N) is 2. The standard InChI is InChI=1S/C27H27FN6O4/c1-15-23-22(24(32(2)25(15)36)31-20-9-4-3-8-19(20)28)26(37)34(17-10-11-17)27(38)33(23)18-7-5-6-16(14-18)30-21(35)12-13-29/h3-9,14,17,31H,10-13,29H2,1-2H3,(H,30,35). The molecular formula is C27H27FN6O4. The molecule has 0 spiro atoms. The zero-order valence-electron chi connectivity index (χ0n) is 21.0. The highest BCUT2D eigenvalue weighted by Crippen LogP contribution is 2.34. The predicted octanol–water partition coefficient (Wildman–Crippen LogP) is 2.66. The lowest BCUT2D eigenvalue weighted by molar-refractivity contribution is -0.116. The minimum Gasteiger partial charge on any atom is -0.338 e. The Kier molecular flexibility index (Phi) is 6.45. The van der Waals surface area contributed by atoms with Crippen molar-refractivity contribution in [3.05, 3.63) is 91.1 Å². The summed E-state index contributed by atoms with van der Waals surface area (Å²) in [5, 5.41) is 5.74. The van der Waals surface area contributed by atoms with Crippen LogP contribution in [-0.4, -0.2) is 26.2 Å². The first-order valence-electron chi connectivity index (χ1n) is 12.3. The summed E-state index contributed by atoms with van der Waals surface area (Å²) in [5.41, 5.74) is 5.01. The molecule has 0 unspecified atom stereocenters. The molecule has 10 nitrogen and oxygen atoms in total. The van der Waals surface area contributed by atoms with Crippen LogP contribution in [0, 0.1) is 12.7 Å². The third-order valence-electron chi connectivity index (χ3n) is 6.64. The number of benzene rings is 2. The summed E-state index contributed by atoms with van der Waals surface area (Å²) in [5.74, 6) is -0.780. The number of nitrogens with zero attached hydrogens (tertiary/aromatic N) is 3. The Morgan fingerprint density at radius 1 is 1.08 bits per heavy atom. The number of carbonyl (C=O) groups is 1. The number of pyridine rings is 1. The Hall–Kier alpha value is -4.51. The number of halogens is 1. The van der Waals surface area contributed by atoms with Crippen LogP contribution < -0.4 is 33.2 Å². The number of aryl methyl sites for hydroxylation is 1. The van der Waals surface area contributed by atoms with Crippen LogP contribution in [0.1, 0.15) is 30.9 Å². The van der Waals surface area contributed by atoms with Crippen LogP contribution in [0.3, 0.4) is 0 Å². The van der Waals surface area contributed by atoms with Crippen molar-refractivity contribution in [3.8, 4) is 5.69 Å². The van der Waals surface area contributed by atoms with Gasteiger partial charge in [-0.15, -0.1) is 0 Å². The van der Waals surface area contributed by atoms with Crippen LogP contribution >= 0.6 is 0 Å². The fourth-order valence-electron chi connectivity index (χ4n) is 4.62. The number of fused-ring (bicyclic) bond motifs is 1. The number of aromatic nitrogens is 3. The monoisotopic (exact) mass is 518 g/mol. The number of amides is 1. The van der Waals surface area contributed by atoms with E-state index in [0.717, 1.165) is 0 Å². The van der Waals surface area contributed by atoms with Crippen LogP contribution in [0.5, 0.6) is 0 Å². The Morgan fingerprint density at radius 2 is 1.82 bits per heavy atom. The van der Waals surface area contributed by atoms with E-state index < -0.39 is 22.6 Å². The van der Waals surface area contributed by atoms with E-state index in [1.165, 1.54) is 38.9 Å². The summed E-state index contributed by atoms with van der Waals surface area (Å²) in [6, 6.07) is 12.2. The molecule has 4 N–H and O–H groups in total. The highest BCUT2D eigenvalue weighted by Gasteiger charge is 2.31. The molecule has 2 aromatic heterocycles. The number of hydrogen-bond donors (Lipinski definition) is 3. The molecule has 2 aromatic carbocycles. The first-order chi connectivity index (χ1) is 18.2. The van der Waals surface area contributed by atoms with Gasteiger partial charge in [-0.05, 0) is 50.1 Å². The lowest BCUT2D eigenvalue weighted by Crippen LogP contribution is -2.41. The quantitative estimate of drug-likeness (QED) is 0.345. The average Bonchev–Trinajstić information content (AvgIpc) is 3.72. The smallest absolute Gasteiger partial charge is 0.336 e. The van der Waals surface area contributed by atoms with E-state index in [1.54, 1.807) is 37.3 Å². The maximum atomic E-state index is 14.6. The zero-order chi connectivity index (χ0) is 27.1. The molecule has 1 saturated carbocycles. The van der Waals surface area contributed by atoms with Crippen molar-refractivity contribution in [2.24, 2.45) is 12.8 Å². The van der Waals surface area contributed by atoms with Crippen molar-refractivity contribution in [1.29, 1.82) is 0 Å². The van der Waals surface area contributed by atoms with Crippen molar-refractivity contribution in [3.63, 3.8) is 0 Å². The van der Waals surface area contributed by atoms with Crippen LogP contribution in [0.25, 0.3) is 16.6 Å². The molecule has 0 saturated heterocycles. The highest BCUT2D eigenvalue weighted by atomic mass is 19.1. The molecule has 2 heterocycles. The van der Waals surface area contributed by atoms with Crippen LogP contribution in [0.4, 0.5) is 21.6 Å². The molecule has 1 fully saturated rings. The number of anilines is 3. The van der Waals surface area contributed by atoms with Crippen LogP contribution in [-0.2, 0) is 11.8 Å². The van der Waals surface area contributed by atoms with Crippen molar-refractivity contribution in [2.45, 2.75) is 32.2 Å². The average molecular weight is 519 g/mol. The van der Waals surface area contributed by atoms with Gasteiger partial charge in [0.15, 0.2) is 0 Å². The molecule has 4 aromatic rings. The van der Waals surface area contributed by atoms with E-state index in [2.05, 4.69) is 10.6 Å². The SMILES string of the molecule is Cc1c(=O)n(C)c(Nc2ccccc2F)c2c(=O)n(C3CC3)c(=O)n(-c3cccc(NC(=O)CCN)c3)c12. The van der Waals surface area contributed by atoms with E-state index in [-0.39, 0.29) is 52.9 Å². The van der Waals surface area contributed by atoms with Gasteiger partial charge in [0, 0.05) is 37.3 Å². The van der Waals surface area contributed by atoms with Crippen LogP contribution in [0.15, 0.2) is 62.9 Å². The van der Waals surface area contributed by atoms with E-state index >= 15 is 0 Å². The topological polar surface area (TPSA) is 133 Å². The minimum absolute atomic E-state index is 0.0706. The molecule has 0 atom stereocenters. The Morgan fingerprint density at radius 3 is 2.50 bits per heavy atom. The molecule has 1 aliphatic rings. The summed E-state index contributed by atoms with van der Waals surface area (Å²) in [4.78, 5) is 53.1. The summed E-state index contributed by atoms with van der Waals surface area (Å²) < 4.78 is 18.3. The Balaban J connectivity index is 1.85. The second kappa shape index (κ2) is 9.75. The normalized spacial score (nSPS) is 13.1.